The average molecular weight is 346 g/mol. The lowest BCUT2D eigenvalue weighted by atomic mass is 9.80. The van der Waals surface area contributed by atoms with Gasteiger partial charge in [0.2, 0.25) is 0 Å². The smallest absolute Gasteiger partial charge is 0.162 e. The molecule has 0 saturated heterocycles. The summed E-state index contributed by atoms with van der Waals surface area (Å²) < 4.78 is 42.9. The summed E-state index contributed by atoms with van der Waals surface area (Å²) in [7, 11) is 0. The molecule has 1 aliphatic rings. The highest BCUT2D eigenvalue weighted by molar-refractivity contribution is 5.33. The standard InChI is InChI=1S/C22H25F3/c1-14-3-6-16(7-4-14)12-18-9-10-19(22(25)21(18)24)13-17-8-5-15(2)11-20(17)23/h5,8-11,14,16H,3-4,6-7,12-13H2,1-2H3. The Morgan fingerprint density at radius 2 is 1.44 bits per heavy atom. The van der Waals surface area contributed by atoms with Crippen molar-refractivity contribution in [3.63, 3.8) is 0 Å². The maximum Gasteiger partial charge on any atom is 0.162 e. The van der Waals surface area contributed by atoms with Crippen molar-refractivity contribution in [3.8, 4) is 0 Å². The van der Waals surface area contributed by atoms with Crippen LogP contribution >= 0.6 is 0 Å². The van der Waals surface area contributed by atoms with Crippen molar-refractivity contribution in [2.45, 2.75) is 52.4 Å². The van der Waals surface area contributed by atoms with Crippen molar-refractivity contribution in [2.24, 2.45) is 11.8 Å². The second-order valence-electron chi connectivity index (χ2n) is 7.61. The number of halogens is 3. The van der Waals surface area contributed by atoms with E-state index in [4.69, 9.17) is 0 Å². The van der Waals surface area contributed by atoms with Crippen LogP contribution in [0, 0.1) is 36.2 Å². The second-order valence-corrected chi connectivity index (χ2v) is 7.61. The van der Waals surface area contributed by atoms with E-state index in [-0.39, 0.29) is 17.8 Å². The normalized spacial score (nSPS) is 20.7. The van der Waals surface area contributed by atoms with Gasteiger partial charge in [-0.2, -0.15) is 0 Å². The van der Waals surface area contributed by atoms with Crippen LogP contribution in [0.2, 0.25) is 0 Å². The lowest BCUT2D eigenvalue weighted by Gasteiger charge is -2.26. The van der Waals surface area contributed by atoms with Gasteiger partial charge in [0.15, 0.2) is 11.6 Å². The Kier molecular flexibility index (Phi) is 5.51. The summed E-state index contributed by atoms with van der Waals surface area (Å²) in [6, 6.07) is 8.13. The van der Waals surface area contributed by atoms with Crippen molar-refractivity contribution < 1.29 is 13.2 Å². The van der Waals surface area contributed by atoms with Gasteiger partial charge < -0.3 is 0 Å². The predicted molar refractivity (Wildman–Crippen MR) is 95.1 cm³/mol. The van der Waals surface area contributed by atoms with E-state index in [0.29, 0.717) is 23.5 Å². The highest BCUT2D eigenvalue weighted by Crippen LogP contribution is 2.32. The van der Waals surface area contributed by atoms with Crippen molar-refractivity contribution in [3.05, 3.63) is 70.0 Å². The van der Waals surface area contributed by atoms with E-state index in [1.807, 2.05) is 0 Å². The molecule has 134 valence electrons. The van der Waals surface area contributed by atoms with Gasteiger partial charge in [0.25, 0.3) is 0 Å². The number of rotatable bonds is 4. The highest BCUT2D eigenvalue weighted by atomic mass is 19.2. The number of benzene rings is 2. The molecular weight excluding hydrogens is 321 g/mol. The third kappa shape index (κ3) is 4.26. The molecule has 2 aromatic carbocycles. The van der Waals surface area contributed by atoms with Gasteiger partial charge in [-0.15, -0.1) is 0 Å². The monoisotopic (exact) mass is 346 g/mol. The predicted octanol–water partition coefficient (Wildman–Crippen LogP) is 6.37. The fourth-order valence-electron chi connectivity index (χ4n) is 3.77. The third-order valence-electron chi connectivity index (χ3n) is 5.48. The first-order valence-electron chi connectivity index (χ1n) is 9.14. The quantitative estimate of drug-likeness (QED) is 0.603. The Morgan fingerprint density at radius 1 is 0.840 bits per heavy atom. The first kappa shape index (κ1) is 18.0. The van der Waals surface area contributed by atoms with E-state index in [9.17, 15) is 13.2 Å². The Bertz CT molecular complexity index is 743. The molecule has 0 aliphatic heterocycles. The molecule has 0 amide bonds. The Hall–Kier alpha value is -1.77. The van der Waals surface area contributed by atoms with Crippen molar-refractivity contribution in [2.75, 3.05) is 0 Å². The van der Waals surface area contributed by atoms with Crippen LogP contribution in [0.1, 0.15) is 54.9 Å². The molecule has 1 fully saturated rings. The van der Waals surface area contributed by atoms with Crippen molar-refractivity contribution >= 4 is 0 Å². The Morgan fingerprint density at radius 3 is 2.12 bits per heavy atom. The summed E-state index contributed by atoms with van der Waals surface area (Å²) in [5, 5.41) is 0. The topological polar surface area (TPSA) is 0 Å². The van der Waals surface area contributed by atoms with Crippen molar-refractivity contribution in [1.82, 2.24) is 0 Å². The van der Waals surface area contributed by atoms with Gasteiger partial charge in [-0.25, -0.2) is 13.2 Å². The van der Waals surface area contributed by atoms with Gasteiger partial charge in [0.05, 0.1) is 0 Å². The van der Waals surface area contributed by atoms with Crippen LogP contribution in [0.15, 0.2) is 30.3 Å². The van der Waals surface area contributed by atoms with E-state index in [0.717, 1.165) is 24.3 Å². The molecule has 0 radical (unpaired) electrons. The van der Waals surface area contributed by atoms with E-state index in [1.165, 1.54) is 18.9 Å². The van der Waals surface area contributed by atoms with E-state index < -0.39 is 11.6 Å². The van der Waals surface area contributed by atoms with Crippen LogP contribution in [0.25, 0.3) is 0 Å². The molecule has 3 rings (SSSR count). The summed E-state index contributed by atoms with van der Waals surface area (Å²) in [6.07, 6.45) is 5.15. The zero-order valence-electron chi connectivity index (χ0n) is 14.9. The molecule has 0 spiro atoms. The van der Waals surface area contributed by atoms with Gasteiger partial charge >= 0.3 is 0 Å². The lowest BCUT2D eigenvalue weighted by Crippen LogP contribution is -2.15. The first-order chi connectivity index (χ1) is 11.9. The minimum Gasteiger partial charge on any atom is -0.207 e. The molecule has 0 bridgehead atoms. The number of hydrogen-bond donors (Lipinski definition) is 0. The molecule has 0 atom stereocenters. The summed E-state index contributed by atoms with van der Waals surface area (Å²) in [5.74, 6) is -0.791. The summed E-state index contributed by atoms with van der Waals surface area (Å²) in [5.41, 5.74) is 1.86. The minimum atomic E-state index is -0.832. The fraction of sp³-hybridized carbons (Fsp3) is 0.455. The number of hydrogen-bond acceptors (Lipinski definition) is 0. The molecular formula is C22H25F3. The van der Waals surface area contributed by atoms with Crippen LogP contribution in [-0.2, 0) is 12.8 Å². The summed E-state index contributed by atoms with van der Waals surface area (Å²) in [4.78, 5) is 0. The van der Waals surface area contributed by atoms with Gasteiger partial charge in [-0.05, 0) is 66.3 Å². The molecule has 0 unspecified atom stereocenters. The molecule has 1 aliphatic carbocycles. The molecule has 3 heteroatoms. The van der Waals surface area contributed by atoms with E-state index in [1.54, 1.807) is 31.2 Å². The molecule has 0 nitrogen and oxygen atoms in total. The van der Waals surface area contributed by atoms with Crippen LogP contribution in [0.5, 0.6) is 0 Å². The van der Waals surface area contributed by atoms with Crippen molar-refractivity contribution in [1.29, 1.82) is 0 Å². The Labute approximate surface area is 148 Å². The second kappa shape index (κ2) is 7.63. The Balaban J connectivity index is 1.76. The highest BCUT2D eigenvalue weighted by Gasteiger charge is 2.22. The first-order valence-corrected chi connectivity index (χ1v) is 9.14. The van der Waals surface area contributed by atoms with Crippen LogP contribution < -0.4 is 0 Å². The maximum absolute atomic E-state index is 14.5. The zero-order valence-corrected chi connectivity index (χ0v) is 14.9. The van der Waals surface area contributed by atoms with Gasteiger partial charge in [-0.1, -0.05) is 44.0 Å². The molecule has 0 aromatic heterocycles. The third-order valence-corrected chi connectivity index (χ3v) is 5.48. The van der Waals surface area contributed by atoms with Crippen LogP contribution in [-0.4, -0.2) is 0 Å². The van der Waals surface area contributed by atoms with Gasteiger partial charge in [0.1, 0.15) is 5.82 Å². The molecule has 2 aromatic rings. The molecule has 0 N–H and O–H groups in total. The fourth-order valence-corrected chi connectivity index (χ4v) is 3.77. The average Bonchev–Trinajstić information content (AvgIpc) is 2.58. The van der Waals surface area contributed by atoms with E-state index >= 15 is 0 Å². The summed E-state index contributed by atoms with van der Waals surface area (Å²) in [6.45, 7) is 4.05. The van der Waals surface area contributed by atoms with Crippen LogP contribution in [0.3, 0.4) is 0 Å². The number of aryl methyl sites for hydroxylation is 1. The SMILES string of the molecule is Cc1ccc(Cc2ccc(CC3CCC(C)CC3)c(F)c2F)c(F)c1. The summed E-state index contributed by atoms with van der Waals surface area (Å²) >= 11 is 0. The molecule has 25 heavy (non-hydrogen) atoms. The lowest BCUT2D eigenvalue weighted by molar-refractivity contribution is 0.286. The maximum atomic E-state index is 14.5. The van der Waals surface area contributed by atoms with E-state index in [2.05, 4.69) is 6.92 Å². The largest absolute Gasteiger partial charge is 0.207 e. The molecule has 1 saturated carbocycles. The van der Waals surface area contributed by atoms with Gasteiger partial charge in [0, 0.05) is 6.42 Å². The minimum absolute atomic E-state index is 0.0656. The molecule has 0 heterocycles. The van der Waals surface area contributed by atoms with Gasteiger partial charge in [-0.3, -0.25) is 0 Å². The van der Waals surface area contributed by atoms with Crippen LogP contribution in [0.4, 0.5) is 13.2 Å². The zero-order chi connectivity index (χ0) is 18.0.